The van der Waals surface area contributed by atoms with Gasteiger partial charge in [-0.25, -0.2) is 0 Å². The summed E-state index contributed by atoms with van der Waals surface area (Å²) in [5.74, 6) is 0.345. The molecule has 2 rings (SSSR count). The van der Waals surface area contributed by atoms with Gasteiger partial charge in [0.05, 0.1) is 6.61 Å². The standard InChI is InChI=1S/C21H24N2O4/c1-3-20(24)22-14-16-7-9-18(10-8-16)21(25)23-15-17-5-4-6-19(13-17)27-12-11-26-2/h3-10,13H,1,11-12,14-15H2,2H3,(H,22,24)(H,23,25). The van der Waals surface area contributed by atoms with Crippen molar-refractivity contribution in [3.8, 4) is 5.75 Å². The van der Waals surface area contributed by atoms with Gasteiger partial charge in [0.2, 0.25) is 5.91 Å². The molecule has 0 radical (unpaired) electrons. The summed E-state index contributed by atoms with van der Waals surface area (Å²) in [6.45, 7) is 5.19. The minimum atomic E-state index is -0.231. The number of hydrogen-bond acceptors (Lipinski definition) is 4. The molecule has 2 amide bonds. The molecule has 142 valence electrons. The van der Waals surface area contributed by atoms with Crippen LogP contribution in [-0.4, -0.2) is 32.1 Å². The molecular formula is C21H24N2O4. The van der Waals surface area contributed by atoms with Gasteiger partial charge in [-0.1, -0.05) is 30.8 Å². The molecule has 0 unspecified atom stereocenters. The monoisotopic (exact) mass is 368 g/mol. The largest absolute Gasteiger partial charge is 0.491 e. The highest BCUT2D eigenvalue weighted by atomic mass is 16.5. The molecule has 27 heavy (non-hydrogen) atoms. The van der Waals surface area contributed by atoms with Crippen LogP contribution in [0.25, 0.3) is 0 Å². The first-order chi connectivity index (χ1) is 13.1. The van der Waals surface area contributed by atoms with Gasteiger partial charge in [-0.3, -0.25) is 9.59 Å². The van der Waals surface area contributed by atoms with E-state index < -0.39 is 0 Å². The number of amides is 2. The van der Waals surface area contributed by atoms with E-state index in [9.17, 15) is 9.59 Å². The van der Waals surface area contributed by atoms with Gasteiger partial charge in [0.25, 0.3) is 5.91 Å². The third kappa shape index (κ3) is 6.95. The molecule has 0 aliphatic rings. The second-order valence-corrected chi connectivity index (χ2v) is 5.79. The Bertz CT molecular complexity index is 772. The van der Waals surface area contributed by atoms with Crippen LogP contribution in [0.4, 0.5) is 0 Å². The molecule has 0 bridgehead atoms. The van der Waals surface area contributed by atoms with Gasteiger partial charge in [0.15, 0.2) is 0 Å². The van der Waals surface area contributed by atoms with Crippen molar-refractivity contribution in [1.82, 2.24) is 10.6 Å². The molecule has 0 aromatic heterocycles. The highest BCUT2D eigenvalue weighted by Gasteiger charge is 2.06. The number of nitrogens with one attached hydrogen (secondary N) is 2. The van der Waals surface area contributed by atoms with E-state index in [4.69, 9.17) is 9.47 Å². The maximum Gasteiger partial charge on any atom is 0.251 e. The van der Waals surface area contributed by atoms with Gasteiger partial charge in [0, 0.05) is 25.8 Å². The van der Waals surface area contributed by atoms with Crippen LogP contribution < -0.4 is 15.4 Å². The smallest absolute Gasteiger partial charge is 0.251 e. The maximum absolute atomic E-state index is 12.3. The van der Waals surface area contributed by atoms with Gasteiger partial charge >= 0.3 is 0 Å². The number of carbonyl (C=O) groups excluding carboxylic acids is 2. The first-order valence-corrected chi connectivity index (χ1v) is 8.60. The Morgan fingerprint density at radius 2 is 1.74 bits per heavy atom. The summed E-state index contributed by atoms with van der Waals surface area (Å²) in [5.41, 5.74) is 2.41. The van der Waals surface area contributed by atoms with E-state index >= 15 is 0 Å². The van der Waals surface area contributed by atoms with E-state index in [1.807, 2.05) is 36.4 Å². The van der Waals surface area contributed by atoms with Crippen molar-refractivity contribution in [2.45, 2.75) is 13.1 Å². The molecular weight excluding hydrogens is 344 g/mol. The SMILES string of the molecule is C=CC(=O)NCc1ccc(C(=O)NCc2cccc(OCCOC)c2)cc1. The molecule has 0 aliphatic carbocycles. The minimum Gasteiger partial charge on any atom is -0.491 e. The van der Waals surface area contributed by atoms with Crippen LogP contribution in [0, 0.1) is 0 Å². The van der Waals surface area contributed by atoms with Crippen LogP contribution in [0.1, 0.15) is 21.5 Å². The van der Waals surface area contributed by atoms with Crippen LogP contribution in [0.15, 0.2) is 61.2 Å². The fourth-order valence-corrected chi connectivity index (χ4v) is 2.31. The van der Waals surface area contributed by atoms with Gasteiger partial charge in [-0.15, -0.1) is 0 Å². The molecule has 6 heteroatoms. The average Bonchev–Trinajstić information content (AvgIpc) is 2.71. The van der Waals surface area contributed by atoms with Crippen molar-refractivity contribution in [2.75, 3.05) is 20.3 Å². The van der Waals surface area contributed by atoms with E-state index in [-0.39, 0.29) is 11.8 Å². The summed E-state index contributed by atoms with van der Waals surface area (Å²) in [4.78, 5) is 23.5. The van der Waals surface area contributed by atoms with Crippen LogP contribution in [0.5, 0.6) is 5.75 Å². The van der Waals surface area contributed by atoms with Gasteiger partial charge in [-0.05, 0) is 41.5 Å². The summed E-state index contributed by atoms with van der Waals surface area (Å²) in [6, 6.07) is 14.6. The minimum absolute atomic E-state index is 0.164. The lowest BCUT2D eigenvalue weighted by Gasteiger charge is -2.09. The van der Waals surface area contributed by atoms with Crippen molar-refractivity contribution in [3.05, 3.63) is 77.9 Å². The topological polar surface area (TPSA) is 76.7 Å². The zero-order valence-electron chi connectivity index (χ0n) is 15.4. The second kappa shape index (κ2) is 10.8. The lowest BCUT2D eigenvalue weighted by Crippen LogP contribution is -2.23. The molecule has 2 N–H and O–H groups in total. The van der Waals surface area contributed by atoms with E-state index in [0.717, 1.165) is 16.9 Å². The number of methoxy groups -OCH3 is 1. The molecule has 0 atom stereocenters. The molecule has 2 aromatic carbocycles. The Kier molecular flexibility index (Phi) is 8.06. The third-order valence-electron chi connectivity index (χ3n) is 3.78. The van der Waals surface area contributed by atoms with Crippen molar-refractivity contribution in [3.63, 3.8) is 0 Å². The summed E-state index contributed by atoms with van der Waals surface area (Å²) < 4.78 is 10.5. The Morgan fingerprint density at radius 3 is 2.44 bits per heavy atom. The molecule has 2 aromatic rings. The number of rotatable bonds is 10. The summed E-state index contributed by atoms with van der Waals surface area (Å²) in [7, 11) is 1.62. The lowest BCUT2D eigenvalue weighted by molar-refractivity contribution is -0.116. The third-order valence-corrected chi connectivity index (χ3v) is 3.78. The van der Waals surface area contributed by atoms with Crippen molar-refractivity contribution in [1.29, 1.82) is 0 Å². The fourth-order valence-electron chi connectivity index (χ4n) is 2.31. The molecule has 0 saturated heterocycles. The van der Waals surface area contributed by atoms with E-state index in [2.05, 4.69) is 17.2 Å². The summed E-state index contributed by atoms with van der Waals surface area (Å²) in [5, 5.41) is 5.58. The van der Waals surface area contributed by atoms with Gasteiger partial charge in [0.1, 0.15) is 12.4 Å². The highest BCUT2D eigenvalue weighted by molar-refractivity contribution is 5.94. The van der Waals surface area contributed by atoms with Crippen LogP contribution >= 0.6 is 0 Å². The molecule has 6 nitrogen and oxygen atoms in total. The Morgan fingerprint density at radius 1 is 1.00 bits per heavy atom. The zero-order valence-corrected chi connectivity index (χ0v) is 15.4. The number of benzene rings is 2. The maximum atomic E-state index is 12.3. The lowest BCUT2D eigenvalue weighted by atomic mass is 10.1. The molecule has 0 heterocycles. The van der Waals surface area contributed by atoms with Crippen molar-refractivity contribution >= 4 is 11.8 Å². The first kappa shape index (κ1) is 20.2. The zero-order chi connectivity index (χ0) is 19.5. The average molecular weight is 368 g/mol. The Labute approximate surface area is 159 Å². The summed E-state index contributed by atoms with van der Waals surface area (Å²) in [6.07, 6.45) is 1.22. The number of carbonyl (C=O) groups is 2. The molecule has 0 fully saturated rings. The molecule has 0 aliphatic heterocycles. The van der Waals surface area contributed by atoms with E-state index in [1.54, 1.807) is 19.2 Å². The van der Waals surface area contributed by atoms with Crippen molar-refractivity contribution in [2.24, 2.45) is 0 Å². The molecule has 0 saturated carbocycles. The van der Waals surface area contributed by atoms with E-state index in [0.29, 0.717) is 31.9 Å². The summed E-state index contributed by atoms with van der Waals surface area (Å²) >= 11 is 0. The van der Waals surface area contributed by atoms with Crippen LogP contribution in [-0.2, 0) is 22.6 Å². The van der Waals surface area contributed by atoms with Crippen LogP contribution in [0.2, 0.25) is 0 Å². The van der Waals surface area contributed by atoms with Gasteiger partial charge in [-0.2, -0.15) is 0 Å². The predicted molar refractivity (Wildman–Crippen MR) is 103 cm³/mol. The molecule has 0 spiro atoms. The highest BCUT2D eigenvalue weighted by Crippen LogP contribution is 2.13. The normalized spacial score (nSPS) is 10.1. The number of hydrogen-bond donors (Lipinski definition) is 2. The first-order valence-electron chi connectivity index (χ1n) is 8.60. The van der Waals surface area contributed by atoms with E-state index in [1.165, 1.54) is 6.08 Å². The second-order valence-electron chi connectivity index (χ2n) is 5.79. The van der Waals surface area contributed by atoms with Crippen molar-refractivity contribution < 1.29 is 19.1 Å². The fraction of sp³-hybridized carbons (Fsp3) is 0.238. The Hall–Kier alpha value is -3.12. The van der Waals surface area contributed by atoms with Gasteiger partial charge < -0.3 is 20.1 Å². The predicted octanol–water partition coefficient (Wildman–Crippen LogP) is 2.44. The number of ether oxygens (including phenoxy) is 2. The van der Waals surface area contributed by atoms with Crippen LogP contribution in [0.3, 0.4) is 0 Å². The quantitative estimate of drug-likeness (QED) is 0.499. The Balaban J connectivity index is 1.85.